The van der Waals surface area contributed by atoms with Crippen LogP contribution in [0.3, 0.4) is 0 Å². The third kappa shape index (κ3) is 3.47. The zero-order valence-electron chi connectivity index (χ0n) is 11.8. The summed E-state index contributed by atoms with van der Waals surface area (Å²) < 4.78 is 0.615. The van der Waals surface area contributed by atoms with Gasteiger partial charge in [0.1, 0.15) is 0 Å². The summed E-state index contributed by atoms with van der Waals surface area (Å²) in [5.41, 5.74) is 0.788. The van der Waals surface area contributed by atoms with E-state index in [9.17, 15) is 10.0 Å². The maximum Gasteiger partial charge on any atom is 0.273 e. The van der Waals surface area contributed by atoms with Crippen molar-refractivity contribution in [3.8, 4) is 11.3 Å². The van der Waals surface area contributed by atoms with E-state index in [1.54, 1.807) is 0 Å². The highest BCUT2D eigenvalue weighted by molar-refractivity contribution is 5.92. The van der Waals surface area contributed by atoms with Crippen molar-refractivity contribution in [1.29, 1.82) is 5.41 Å². The Kier molecular flexibility index (Phi) is 4.71. The first-order valence-electron chi connectivity index (χ1n) is 6.84. The normalized spacial score (nSPS) is 10.3. The Morgan fingerprint density at radius 3 is 2.76 bits per heavy atom. The van der Waals surface area contributed by atoms with Crippen LogP contribution in [-0.2, 0) is 0 Å². The molecule has 2 aromatic rings. The quantitative estimate of drug-likeness (QED) is 0.578. The predicted molar refractivity (Wildman–Crippen MR) is 77.9 cm³/mol. The minimum atomic E-state index is -0.450. The van der Waals surface area contributed by atoms with Crippen molar-refractivity contribution < 1.29 is 10.0 Å². The number of unbranched alkanes of at least 4 members (excludes halogenated alkanes) is 1. The van der Waals surface area contributed by atoms with E-state index in [1.165, 1.54) is 6.20 Å². The van der Waals surface area contributed by atoms with Crippen LogP contribution in [0.25, 0.3) is 11.3 Å². The number of hydrogen-bond acceptors (Lipinski definition) is 4. The number of amides is 1. The molecule has 21 heavy (non-hydrogen) atoms. The number of benzene rings is 1. The van der Waals surface area contributed by atoms with Gasteiger partial charge < -0.3 is 10.5 Å². The lowest BCUT2D eigenvalue weighted by atomic mass is 10.1. The molecule has 0 bridgehead atoms. The van der Waals surface area contributed by atoms with Crippen molar-refractivity contribution in [2.24, 2.45) is 0 Å². The summed E-state index contributed by atoms with van der Waals surface area (Å²) in [6.45, 7) is 2.55. The highest BCUT2D eigenvalue weighted by Crippen LogP contribution is 2.14. The number of carbonyl (C=O) groups is 1. The summed E-state index contributed by atoms with van der Waals surface area (Å²) in [7, 11) is 0. The Labute approximate surface area is 122 Å². The largest absolute Gasteiger partial charge is 0.427 e. The molecule has 1 aromatic carbocycles. The van der Waals surface area contributed by atoms with E-state index in [0.717, 1.165) is 18.4 Å². The van der Waals surface area contributed by atoms with Crippen LogP contribution in [0.5, 0.6) is 0 Å². The molecule has 110 valence electrons. The lowest BCUT2D eigenvalue weighted by Crippen LogP contribution is -2.34. The van der Waals surface area contributed by atoms with Crippen molar-refractivity contribution in [1.82, 2.24) is 15.0 Å². The van der Waals surface area contributed by atoms with Crippen molar-refractivity contribution >= 4 is 5.91 Å². The predicted octanol–water partition coefficient (Wildman–Crippen LogP) is 1.80. The average Bonchev–Trinajstić information content (AvgIpc) is 2.51. The van der Waals surface area contributed by atoms with Gasteiger partial charge in [-0.15, -0.1) is 0 Å². The molecule has 0 aliphatic heterocycles. The minimum Gasteiger partial charge on any atom is -0.427 e. The lowest BCUT2D eigenvalue weighted by molar-refractivity contribution is 0.0936. The van der Waals surface area contributed by atoms with Gasteiger partial charge in [-0.05, 0) is 6.42 Å². The molecule has 0 saturated carbocycles. The second kappa shape index (κ2) is 6.69. The fourth-order valence-electron chi connectivity index (χ4n) is 1.86. The van der Waals surface area contributed by atoms with Crippen LogP contribution in [0, 0.1) is 5.41 Å². The van der Waals surface area contributed by atoms with Crippen LogP contribution < -0.4 is 10.8 Å². The van der Waals surface area contributed by atoms with E-state index in [-0.39, 0.29) is 11.2 Å². The number of carbonyl (C=O) groups excluding carboxylic acids is 1. The second-order valence-electron chi connectivity index (χ2n) is 4.64. The average molecular weight is 286 g/mol. The fourth-order valence-corrected chi connectivity index (χ4v) is 1.86. The van der Waals surface area contributed by atoms with Gasteiger partial charge in [0, 0.05) is 12.1 Å². The Morgan fingerprint density at radius 1 is 1.38 bits per heavy atom. The van der Waals surface area contributed by atoms with Crippen molar-refractivity contribution in [2.75, 3.05) is 6.54 Å². The van der Waals surface area contributed by atoms with Crippen molar-refractivity contribution in [2.45, 2.75) is 19.8 Å². The maximum atomic E-state index is 12.1. The molecule has 0 unspecified atom stereocenters. The molecular weight excluding hydrogens is 268 g/mol. The Bertz CT molecular complexity index is 680. The zero-order valence-corrected chi connectivity index (χ0v) is 11.8. The number of rotatable bonds is 5. The molecule has 3 N–H and O–H groups in total. The SMILES string of the molecule is CCCCNC(=O)c1nc(-c2ccccc2)cn(O)c1=N. The molecule has 6 heteroatoms. The van der Waals surface area contributed by atoms with Gasteiger partial charge >= 0.3 is 0 Å². The molecule has 0 atom stereocenters. The monoisotopic (exact) mass is 286 g/mol. The highest BCUT2D eigenvalue weighted by atomic mass is 16.5. The number of nitrogens with one attached hydrogen (secondary N) is 2. The summed E-state index contributed by atoms with van der Waals surface area (Å²) >= 11 is 0. The first-order chi connectivity index (χ1) is 10.1. The summed E-state index contributed by atoms with van der Waals surface area (Å²) in [5, 5.41) is 20.2. The molecule has 0 aliphatic rings. The number of nitrogens with zero attached hydrogens (tertiary/aromatic N) is 2. The molecule has 0 spiro atoms. The third-order valence-corrected chi connectivity index (χ3v) is 3.03. The molecular formula is C15H18N4O2. The number of aromatic nitrogens is 2. The van der Waals surface area contributed by atoms with Crippen LogP contribution in [-0.4, -0.2) is 27.4 Å². The number of hydrogen-bond donors (Lipinski definition) is 3. The van der Waals surface area contributed by atoms with Gasteiger partial charge in [0.15, 0.2) is 11.2 Å². The maximum absolute atomic E-state index is 12.1. The van der Waals surface area contributed by atoms with Crippen LogP contribution in [0.4, 0.5) is 0 Å². The third-order valence-electron chi connectivity index (χ3n) is 3.03. The Hall–Kier alpha value is -2.63. The molecule has 0 aliphatic carbocycles. The van der Waals surface area contributed by atoms with Gasteiger partial charge in [-0.25, -0.2) is 4.98 Å². The molecule has 0 fully saturated rings. The van der Waals surface area contributed by atoms with Crippen LogP contribution in [0.15, 0.2) is 36.5 Å². The summed E-state index contributed by atoms with van der Waals surface area (Å²) in [4.78, 5) is 16.3. The van der Waals surface area contributed by atoms with Crippen molar-refractivity contribution in [3.63, 3.8) is 0 Å². The lowest BCUT2D eigenvalue weighted by Gasteiger charge is -2.08. The zero-order chi connectivity index (χ0) is 15.2. The molecule has 6 nitrogen and oxygen atoms in total. The van der Waals surface area contributed by atoms with E-state index in [4.69, 9.17) is 5.41 Å². The molecule has 2 rings (SSSR count). The molecule has 0 saturated heterocycles. The second-order valence-corrected chi connectivity index (χ2v) is 4.64. The van der Waals surface area contributed by atoms with Gasteiger partial charge in [0.25, 0.3) is 5.91 Å². The summed E-state index contributed by atoms with van der Waals surface area (Å²) in [6.07, 6.45) is 3.14. The van der Waals surface area contributed by atoms with Gasteiger partial charge in [-0.3, -0.25) is 10.2 Å². The molecule has 1 heterocycles. The topological polar surface area (TPSA) is 91.0 Å². The highest BCUT2D eigenvalue weighted by Gasteiger charge is 2.14. The summed E-state index contributed by atoms with van der Waals surface area (Å²) in [6, 6.07) is 9.20. The van der Waals surface area contributed by atoms with E-state index in [0.29, 0.717) is 17.0 Å². The van der Waals surface area contributed by atoms with Crippen LogP contribution >= 0.6 is 0 Å². The minimum absolute atomic E-state index is 0.0880. The Morgan fingerprint density at radius 2 is 2.10 bits per heavy atom. The smallest absolute Gasteiger partial charge is 0.273 e. The molecule has 1 aromatic heterocycles. The molecule has 1 amide bonds. The van der Waals surface area contributed by atoms with E-state index >= 15 is 0 Å². The van der Waals surface area contributed by atoms with Crippen molar-refractivity contribution in [3.05, 3.63) is 47.7 Å². The first-order valence-corrected chi connectivity index (χ1v) is 6.84. The standard InChI is InChI=1S/C15H18N4O2/c1-2-3-9-17-15(20)13-14(16)19(21)10-12(18-13)11-7-5-4-6-8-11/h4-8,10,16,21H,2-3,9H2,1H3,(H,17,20). The van der Waals surface area contributed by atoms with E-state index in [2.05, 4.69) is 10.3 Å². The van der Waals surface area contributed by atoms with E-state index in [1.807, 2.05) is 37.3 Å². The first kappa shape index (κ1) is 14.8. The van der Waals surface area contributed by atoms with Crippen LogP contribution in [0.2, 0.25) is 0 Å². The van der Waals surface area contributed by atoms with Gasteiger partial charge in [-0.2, -0.15) is 4.73 Å². The van der Waals surface area contributed by atoms with Gasteiger partial charge in [0.05, 0.1) is 11.9 Å². The van der Waals surface area contributed by atoms with Gasteiger partial charge in [0.2, 0.25) is 0 Å². The molecule has 0 radical (unpaired) electrons. The summed E-state index contributed by atoms with van der Waals surface area (Å²) in [5.74, 6) is -0.450. The van der Waals surface area contributed by atoms with Crippen LogP contribution in [0.1, 0.15) is 30.3 Å². The van der Waals surface area contributed by atoms with Gasteiger partial charge in [-0.1, -0.05) is 43.7 Å². The van der Waals surface area contributed by atoms with E-state index < -0.39 is 5.91 Å². The Balaban J connectivity index is 2.35. The fraction of sp³-hybridized carbons (Fsp3) is 0.267.